The molecular weight excluding hydrogens is 210 g/mol. The van der Waals surface area contributed by atoms with Crippen molar-refractivity contribution in [1.29, 1.82) is 0 Å². The number of carbonyl (C=O) groups is 1. The van der Waals surface area contributed by atoms with Crippen molar-refractivity contribution in [2.75, 3.05) is 0 Å². The summed E-state index contributed by atoms with van der Waals surface area (Å²) in [6, 6.07) is 7.07. The zero-order chi connectivity index (χ0) is 10.8. The molecule has 5 heteroatoms. The Morgan fingerprint density at radius 1 is 1.40 bits per heavy atom. The normalized spacial score (nSPS) is 10.2. The van der Waals surface area contributed by atoms with Crippen molar-refractivity contribution in [3.05, 3.63) is 34.8 Å². The van der Waals surface area contributed by atoms with Gasteiger partial charge in [-0.15, -0.1) is 10.2 Å². The maximum Gasteiger partial charge on any atom is 0.248 e. The zero-order valence-electron chi connectivity index (χ0n) is 8.10. The first-order chi connectivity index (χ1) is 7.16. The fourth-order valence-electron chi connectivity index (χ4n) is 1.22. The van der Waals surface area contributed by atoms with E-state index in [9.17, 15) is 4.79 Å². The zero-order valence-corrected chi connectivity index (χ0v) is 8.91. The molecule has 2 rings (SSSR count). The number of rotatable bonds is 2. The molecule has 0 fully saturated rings. The van der Waals surface area contributed by atoms with Crippen molar-refractivity contribution in [1.82, 2.24) is 10.2 Å². The lowest BCUT2D eigenvalue weighted by atomic mass is 10.1. The first-order valence-corrected chi connectivity index (χ1v) is 5.19. The van der Waals surface area contributed by atoms with Gasteiger partial charge in [0.1, 0.15) is 10.0 Å². The van der Waals surface area contributed by atoms with Gasteiger partial charge in [0.05, 0.1) is 0 Å². The van der Waals surface area contributed by atoms with Gasteiger partial charge in [-0.05, 0) is 19.1 Å². The number of nitrogens with zero attached hydrogens (tertiary/aromatic N) is 2. The minimum Gasteiger partial charge on any atom is -0.366 e. The maximum atomic E-state index is 11.0. The lowest BCUT2D eigenvalue weighted by Gasteiger charge is -1.97. The van der Waals surface area contributed by atoms with Gasteiger partial charge in [0, 0.05) is 11.1 Å². The van der Waals surface area contributed by atoms with Crippen LogP contribution in [0.5, 0.6) is 0 Å². The number of carbonyl (C=O) groups excluding carboxylic acids is 1. The third-order valence-corrected chi connectivity index (χ3v) is 2.81. The largest absolute Gasteiger partial charge is 0.366 e. The topological polar surface area (TPSA) is 68.9 Å². The molecule has 15 heavy (non-hydrogen) atoms. The molecule has 0 aliphatic heterocycles. The Morgan fingerprint density at radius 2 is 2.20 bits per heavy atom. The molecule has 0 unspecified atom stereocenters. The van der Waals surface area contributed by atoms with E-state index < -0.39 is 5.91 Å². The van der Waals surface area contributed by atoms with E-state index in [0.717, 1.165) is 15.6 Å². The van der Waals surface area contributed by atoms with Gasteiger partial charge >= 0.3 is 0 Å². The van der Waals surface area contributed by atoms with Crippen molar-refractivity contribution in [3.8, 4) is 10.6 Å². The Kier molecular flexibility index (Phi) is 2.47. The first-order valence-electron chi connectivity index (χ1n) is 4.37. The number of hydrogen-bond acceptors (Lipinski definition) is 4. The number of aromatic nitrogens is 2. The van der Waals surface area contributed by atoms with Crippen molar-refractivity contribution < 1.29 is 4.79 Å². The monoisotopic (exact) mass is 219 g/mol. The van der Waals surface area contributed by atoms with E-state index >= 15 is 0 Å². The Hall–Kier alpha value is -1.75. The van der Waals surface area contributed by atoms with Crippen molar-refractivity contribution in [3.63, 3.8) is 0 Å². The van der Waals surface area contributed by atoms with E-state index in [0.29, 0.717) is 5.56 Å². The molecule has 0 radical (unpaired) electrons. The summed E-state index contributed by atoms with van der Waals surface area (Å²) in [7, 11) is 0. The van der Waals surface area contributed by atoms with E-state index in [4.69, 9.17) is 5.73 Å². The highest BCUT2D eigenvalue weighted by molar-refractivity contribution is 7.14. The average molecular weight is 219 g/mol. The second-order valence-electron chi connectivity index (χ2n) is 3.07. The summed E-state index contributed by atoms with van der Waals surface area (Å²) in [6.07, 6.45) is 0. The average Bonchev–Trinajstić information content (AvgIpc) is 2.65. The first kappa shape index (κ1) is 9.79. The van der Waals surface area contributed by atoms with Crippen LogP contribution in [0.1, 0.15) is 15.4 Å². The molecule has 0 aliphatic rings. The van der Waals surface area contributed by atoms with E-state index in [1.165, 1.54) is 11.3 Å². The van der Waals surface area contributed by atoms with Gasteiger partial charge in [0.15, 0.2) is 0 Å². The van der Waals surface area contributed by atoms with Crippen LogP contribution in [0, 0.1) is 6.92 Å². The number of hydrogen-bond donors (Lipinski definition) is 1. The molecule has 0 bridgehead atoms. The van der Waals surface area contributed by atoms with Gasteiger partial charge < -0.3 is 5.73 Å². The summed E-state index contributed by atoms with van der Waals surface area (Å²) >= 11 is 1.49. The number of aryl methyl sites for hydroxylation is 1. The molecule has 1 heterocycles. The fraction of sp³-hybridized carbons (Fsp3) is 0.100. The molecule has 0 aliphatic carbocycles. The van der Waals surface area contributed by atoms with Gasteiger partial charge in [0.25, 0.3) is 0 Å². The van der Waals surface area contributed by atoms with Crippen LogP contribution in [-0.2, 0) is 0 Å². The van der Waals surface area contributed by atoms with Crippen LogP contribution in [0.15, 0.2) is 24.3 Å². The molecule has 2 aromatic rings. The molecule has 2 N–H and O–H groups in total. The number of benzene rings is 1. The van der Waals surface area contributed by atoms with Crippen molar-refractivity contribution in [2.45, 2.75) is 6.92 Å². The Bertz CT molecular complexity index is 507. The second-order valence-corrected chi connectivity index (χ2v) is 4.25. The Labute approximate surface area is 90.8 Å². The van der Waals surface area contributed by atoms with E-state index in [-0.39, 0.29) is 0 Å². The number of amides is 1. The predicted molar refractivity (Wildman–Crippen MR) is 58.6 cm³/mol. The van der Waals surface area contributed by atoms with Crippen LogP contribution in [0.3, 0.4) is 0 Å². The van der Waals surface area contributed by atoms with Crippen LogP contribution in [-0.4, -0.2) is 16.1 Å². The molecule has 1 aromatic carbocycles. The summed E-state index contributed by atoms with van der Waals surface area (Å²) in [5, 5.41) is 9.62. The highest BCUT2D eigenvalue weighted by Crippen LogP contribution is 2.23. The fourth-order valence-corrected chi connectivity index (χ4v) is 1.91. The van der Waals surface area contributed by atoms with Crippen LogP contribution in [0.25, 0.3) is 10.6 Å². The molecule has 76 valence electrons. The van der Waals surface area contributed by atoms with Crippen LogP contribution in [0.4, 0.5) is 0 Å². The lowest BCUT2D eigenvalue weighted by Crippen LogP contribution is -2.10. The van der Waals surface area contributed by atoms with Crippen molar-refractivity contribution >= 4 is 17.2 Å². The highest BCUT2D eigenvalue weighted by Gasteiger charge is 2.06. The SMILES string of the molecule is Cc1nnc(-c2cccc(C(N)=O)c2)s1. The number of nitrogens with two attached hydrogens (primary N) is 1. The van der Waals surface area contributed by atoms with Gasteiger partial charge in [-0.25, -0.2) is 0 Å². The summed E-state index contributed by atoms with van der Waals surface area (Å²) in [5.74, 6) is -0.432. The molecule has 0 saturated heterocycles. The van der Waals surface area contributed by atoms with Crippen LogP contribution >= 0.6 is 11.3 Å². The second kappa shape index (κ2) is 3.78. The van der Waals surface area contributed by atoms with E-state index in [2.05, 4.69) is 10.2 Å². The summed E-state index contributed by atoms with van der Waals surface area (Å²) in [5.41, 5.74) is 6.55. The molecule has 0 spiro atoms. The van der Waals surface area contributed by atoms with Gasteiger partial charge in [-0.2, -0.15) is 0 Å². The van der Waals surface area contributed by atoms with Crippen LogP contribution in [0.2, 0.25) is 0 Å². The van der Waals surface area contributed by atoms with E-state index in [1.807, 2.05) is 13.0 Å². The minimum absolute atomic E-state index is 0.432. The predicted octanol–water partition coefficient (Wildman–Crippen LogP) is 1.61. The maximum absolute atomic E-state index is 11.0. The van der Waals surface area contributed by atoms with Crippen molar-refractivity contribution in [2.24, 2.45) is 5.73 Å². The van der Waals surface area contributed by atoms with E-state index in [1.54, 1.807) is 18.2 Å². The standard InChI is InChI=1S/C10H9N3OS/c1-6-12-13-10(15-6)8-4-2-3-7(5-8)9(11)14/h2-5H,1H3,(H2,11,14). The van der Waals surface area contributed by atoms with Gasteiger partial charge in [0.2, 0.25) is 5.91 Å². The van der Waals surface area contributed by atoms with Crippen LogP contribution < -0.4 is 5.73 Å². The lowest BCUT2D eigenvalue weighted by molar-refractivity contribution is 0.100. The molecule has 0 atom stereocenters. The quantitative estimate of drug-likeness (QED) is 0.834. The smallest absolute Gasteiger partial charge is 0.248 e. The molecule has 4 nitrogen and oxygen atoms in total. The Balaban J connectivity index is 2.45. The molecule has 0 saturated carbocycles. The Morgan fingerprint density at radius 3 is 2.80 bits per heavy atom. The van der Waals surface area contributed by atoms with Gasteiger partial charge in [-0.1, -0.05) is 23.5 Å². The third kappa shape index (κ3) is 2.02. The third-order valence-electron chi connectivity index (χ3n) is 1.92. The molecular formula is C10H9N3OS. The minimum atomic E-state index is -0.432. The number of primary amides is 1. The molecule has 1 aromatic heterocycles. The summed E-state index contributed by atoms with van der Waals surface area (Å²) in [4.78, 5) is 11.0. The highest BCUT2D eigenvalue weighted by atomic mass is 32.1. The molecule has 1 amide bonds. The summed E-state index contributed by atoms with van der Waals surface area (Å²) < 4.78 is 0. The van der Waals surface area contributed by atoms with Gasteiger partial charge in [-0.3, -0.25) is 4.79 Å². The summed E-state index contributed by atoms with van der Waals surface area (Å²) in [6.45, 7) is 1.89.